The van der Waals surface area contributed by atoms with Gasteiger partial charge in [0.2, 0.25) is 0 Å². The molecule has 0 bridgehead atoms. The van der Waals surface area contributed by atoms with Gasteiger partial charge in [0.1, 0.15) is 5.75 Å². The van der Waals surface area contributed by atoms with Crippen LogP contribution in [0.2, 0.25) is 0 Å². The van der Waals surface area contributed by atoms with Crippen molar-refractivity contribution in [1.29, 1.82) is 0 Å². The van der Waals surface area contributed by atoms with Crippen LogP contribution >= 0.6 is 0 Å². The molecule has 0 amide bonds. The average Bonchev–Trinajstić information content (AvgIpc) is 2.28. The molecular weight excluding hydrogens is 228 g/mol. The van der Waals surface area contributed by atoms with E-state index in [4.69, 9.17) is 9.84 Å². The summed E-state index contributed by atoms with van der Waals surface area (Å²) in [7, 11) is 0. The van der Waals surface area contributed by atoms with Gasteiger partial charge in [-0.3, -0.25) is 0 Å². The van der Waals surface area contributed by atoms with Crippen molar-refractivity contribution in [3.8, 4) is 5.75 Å². The van der Waals surface area contributed by atoms with Crippen LogP contribution in [0.3, 0.4) is 0 Å². The Labute approximate surface area is 109 Å². The summed E-state index contributed by atoms with van der Waals surface area (Å²) < 4.78 is 5.76. The lowest BCUT2D eigenvalue weighted by Crippen LogP contribution is -2.06. The Bertz CT molecular complexity index is 422. The molecule has 100 valence electrons. The first-order valence-electron chi connectivity index (χ1n) is 6.48. The SMILES string of the molecule is CCCCOc1cc(C)c(C(=O)O)cc1C(C)C. The third-order valence-corrected chi connectivity index (χ3v) is 2.96. The van der Waals surface area contributed by atoms with Crippen LogP contribution in [-0.2, 0) is 0 Å². The highest BCUT2D eigenvalue weighted by molar-refractivity contribution is 5.90. The van der Waals surface area contributed by atoms with Gasteiger partial charge in [-0.1, -0.05) is 27.2 Å². The number of rotatable bonds is 6. The van der Waals surface area contributed by atoms with E-state index in [9.17, 15) is 4.79 Å². The Balaban J connectivity index is 3.08. The van der Waals surface area contributed by atoms with Crippen molar-refractivity contribution < 1.29 is 14.6 Å². The fourth-order valence-corrected chi connectivity index (χ4v) is 1.83. The zero-order chi connectivity index (χ0) is 13.7. The zero-order valence-corrected chi connectivity index (χ0v) is 11.6. The lowest BCUT2D eigenvalue weighted by atomic mass is 9.96. The predicted octanol–water partition coefficient (Wildman–Crippen LogP) is 4.00. The number of carboxylic acids is 1. The Morgan fingerprint density at radius 3 is 2.56 bits per heavy atom. The number of aromatic carboxylic acids is 1. The van der Waals surface area contributed by atoms with Gasteiger partial charge in [0.15, 0.2) is 0 Å². The maximum absolute atomic E-state index is 11.1. The number of carbonyl (C=O) groups is 1. The highest BCUT2D eigenvalue weighted by atomic mass is 16.5. The minimum absolute atomic E-state index is 0.250. The summed E-state index contributed by atoms with van der Waals surface area (Å²) in [5.74, 6) is 0.191. The van der Waals surface area contributed by atoms with E-state index in [2.05, 4.69) is 6.92 Å². The van der Waals surface area contributed by atoms with Crippen LogP contribution in [0.4, 0.5) is 0 Å². The van der Waals surface area contributed by atoms with Gasteiger partial charge in [-0.2, -0.15) is 0 Å². The molecule has 1 N–H and O–H groups in total. The van der Waals surface area contributed by atoms with Gasteiger partial charge in [-0.05, 0) is 42.5 Å². The van der Waals surface area contributed by atoms with E-state index in [0.29, 0.717) is 12.2 Å². The third-order valence-electron chi connectivity index (χ3n) is 2.96. The first-order valence-corrected chi connectivity index (χ1v) is 6.48. The molecule has 1 aromatic carbocycles. The van der Waals surface area contributed by atoms with Crippen LogP contribution in [0.25, 0.3) is 0 Å². The van der Waals surface area contributed by atoms with Crippen LogP contribution in [0.1, 0.15) is 61.0 Å². The van der Waals surface area contributed by atoms with E-state index in [1.165, 1.54) is 0 Å². The highest BCUT2D eigenvalue weighted by Gasteiger charge is 2.15. The summed E-state index contributed by atoms with van der Waals surface area (Å²) in [6.07, 6.45) is 2.10. The van der Waals surface area contributed by atoms with Crippen LogP contribution in [-0.4, -0.2) is 17.7 Å². The summed E-state index contributed by atoms with van der Waals surface area (Å²) >= 11 is 0. The van der Waals surface area contributed by atoms with Crippen LogP contribution < -0.4 is 4.74 Å². The molecule has 0 aliphatic carbocycles. The van der Waals surface area contributed by atoms with Crippen molar-refractivity contribution in [2.45, 2.75) is 46.5 Å². The number of unbranched alkanes of at least 4 members (excludes halogenated alkanes) is 1. The molecule has 0 aromatic heterocycles. The van der Waals surface area contributed by atoms with E-state index in [-0.39, 0.29) is 5.92 Å². The molecule has 18 heavy (non-hydrogen) atoms. The minimum Gasteiger partial charge on any atom is -0.493 e. The second-order valence-electron chi connectivity index (χ2n) is 4.87. The molecule has 3 nitrogen and oxygen atoms in total. The topological polar surface area (TPSA) is 46.5 Å². The fraction of sp³-hybridized carbons (Fsp3) is 0.533. The Morgan fingerprint density at radius 2 is 2.06 bits per heavy atom. The van der Waals surface area contributed by atoms with Gasteiger partial charge in [-0.15, -0.1) is 0 Å². The third kappa shape index (κ3) is 3.49. The first kappa shape index (κ1) is 14.6. The molecule has 1 aromatic rings. The molecule has 0 radical (unpaired) electrons. The molecule has 0 fully saturated rings. The van der Waals surface area contributed by atoms with Gasteiger partial charge in [0.25, 0.3) is 0 Å². The number of benzene rings is 1. The average molecular weight is 250 g/mol. The fourth-order valence-electron chi connectivity index (χ4n) is 1.83. The Kier molecular flexibility index (Phi) is 5.20. The highest BCUT2D eigenvalue weighted by Crippen LogP contribution is 2.30. The predicted molar refractivity (Wildman–Crippen MR) is 72.6 cm³/mol. The van der Waals surface area contributed by atoms with E-state index in [1.54, 1.807) is 13.0 Å². The Hall–Kier alpha value is -1.51. The van der Waals surface area contributed by atoms with E-state index in [0.717, 1.165) is 29.7 Å². The molecule has 1 rings (SSSR count). The molecule has 0 atom stereocenters. The molecule has 0 unspecified atom stereocenters. The molecule has 0 saturated carbocycles. The normalized spacial score (nSPS) is 10.7. The summed E-state index contributed by atoms with van der Waals surface area (Å²) in [6, 6.07) is 3.58. The summed E-state index contributed by atoms with van der Waals surface area (Å²) in [6.45, 7) is 8.69. The smallest absolute Gasteiger partial charge is 0.335 e. The minimum atomic E-state index is -0.880. The standard InChI is InChI=1S/C15H22O3/c1-5-6-7-18-14-8-11(4)13(15(16)17)9-12(14)10(2)3/h8-10H,5-7H2,1-4H3,(H,16,17). The molecule has 3 heteroatoms. The molecule has 0 heterocycles. The van der Waals surface area contributed by atoms with E-state index >= 15 is 0 Å². The molecule has 0 spiro atoms. The van der Waals surface area contributed by atoms with Crippen molar-refractivity contribution in [2.24, 2.45) is 0 Å². The number of hydrogen-bond acceptors (Lipinski definition) is 2. The summed E-state index contributed by atoms with van der Waals surface area (Å²) in [5.41, 5.74) is 2.08. The van der Waals surface area contributed by atoms with Crippen molar-refractivity contribution in [1.82, 2.24) is 0 Å². The summed E-state index contributed by atoms with van der Waals surface area (Å²) in [5, 5.41) is 9.14. The number of hydrogen-bond donors (Lipinski definition) is 1. The summed E-state index contributed by atoms with van der Waals surface area (Å²) in [4.78, 5) is 11.1. The maximum Gasteiger partial charge on any atom is 0.335 e. The zero-order valence-electron chi connectivity index (χ0n) is 11.6. The van der Waals surface area contributed by atoms with Crippen LogP contribution in [0.15, 0.2) is 12.1 Å². The maximum atomic E-state index is 11.1. The lowest BCUT2D eigenvalue weighted by Gasteiger charge is -2.16. The molecular formula is C15H22O3. The van der Waals surface area contributed by atoms with E-state index in [1.807, 2.05) is 19.9 Å². The second kappa shape index (κ2) is 6.43. The van der Waals surface area contributed by atoms with Gasteiger partial charge in [0, 0.05) is 0 Å². The monoisotopic (exact) mass is 250 g/mol. The van der Waals surface area contributed by atoms with Crippen molar-refractivity contribution in [3.63, 3.8) is 0 Å². The molecule has 0 aliphatic rings. The molecule has 0 aliphatic heterocycles. The van der Waals surface area contributed by atoms with Crippen LogP contribution in [0, 0.1) is 6.92 Å². The van der Waals surface area contributed by atoms with E-state index < -0.39 is 5.97 Å². The largest absolute Gasteiger partial charge is 0.493 e. The van der Waals surface area contributed by atoms with Gasteiger partial charge in [0.05, 0.1) is 12.2 Å². The van der Waals surface area contributed by atoms with Crippen molar-refractivity contribution in [3.05, 3.63) is 28.8 Å². The Morgan fingerprint density at radius 1 is 1.39 bits per heavy atom. The number of ether oxygens (including phenoxy) is 1. The second-order valence-corrected chi connectivity index (χ2v) is 4.87. The van der Waals surface area contributed by atoms with Crippen molar-refractivity contribution >= 4 is 5.97 Å². The van der Waals surface area contributed by atoms with Gasteiger partial charge >= 0.3 is 5.97 Å². The number of carboxylic acid groups (broad SMARTS) is 1. The van der Waals surface area contributed by atoms with Crippen LogP contribution in [0.5, 0.6) is 5.75 Å². The number of aryl methyl sites for hydroxylation is 1. The van der Waals surface area contributed by atoms with Crippen molar-refractivity contribution in [2.75, 3.05) is 6.61 Å². The quantitative estimate of drug-likeness (QED) is 0.776. The van der Waals surface area contributed by atoms with Gasteiger partial charge < -0.3 is 9.84 Å². The first-order chi connectivity index (χ1) is 8.47. The lowest BCUT2D eigenvalue weighted by molar-refractivity contribution is 0.0696. The van der Waals surface area contributed by atoms with Gasteiger partial charge in [-0.25, -0.2) is 4.79 Å². The molecule has 0 saturated heterocycles.